The first-order chi connectivity index (χ1) is 9.74. The maximum atomic E-state index is 4.49. The van der Waals surface area contributed by atoms with Crippen molar-refractivity contribution in [2.24, 2.45) is 0 Å². The van der Waals surface area contributed by atoms with Crippen LogP contribution >= 0.6 is 0 Å². The van der Waals surface area contributed by atoms with E-state index in [9.17, 15) is 0 Å². The van der Waals surface area contributed by atoms with Gasteiger partial charge in [-0.1, -0.05) is 17.7 Å². The fraction of sp³-hybridized carbons (Fsp3) is 0.500. The minimum atomic E-state index is 0.131. The van der Waals surface area contributed by atoms with Crippen LogP contribution in [0, 0.1) is 20.8 Å². The number of rotatable bonds is 4. The highest BCUT2D eigenvalue weighted by atomic mass is 15.3. The fourth-order valence-corrected chi connectivity index (χ4v) is 2.57. The lowest BCUT2D eigenvalue weighted by Gasteiger charge is -2.19. The first-order valence-electron chi connectivity index (χ1n) is 7.58. The molecule has 0 aliphatic rings. The van der Waals surface area contributed by atoms with Crippen molar-refractivity contribution in [1.29, 1.82) is 0 Å². The average Bonchev–Trinajstić information content (AvgIpc) is 2.78. The number of aryl methyl sites for hydroxylation is 3. The van der Waals surface area contributed by atoms with E-state index >= 15 is 0 Å². The van der Waals surface area contributed by atoms with Gasteiger partial charge in [0.05, 0.1) is 12.7 Å². The maximum Gasteiger partial charge on any atom is 0.0664 e. The van der Waals surface area contributed by atoms with Gasteiger partial charge in [-0.3, -0.25) is 4.68 Å². The first-order valence-corrected chi connectivity index (χ1v) is 7.58. The summed E-state index contributed by atoms with van der Waals surface area (Å²) in [5, 5.41) is 7.99. The zero-order valence-corrected chi connectivity index (χ0v) is 14.1. The number of aromatic nitrogens is 2. The second kappa shape index (κ2) is 6.02. The lowest BCUT2D eigenvalue weighted by Crippen LogP contribution is -2.34. The molecule has 0 bridgehead atoms. The molecule has 0 atom stereocenters. The van der Waals surface area contributed by atoms with E-state index in [1.165, 1.54) is 27.8 Å². The van der Waals surface area contributed by atoms with Crippen molar-refractivity contribution in [2.75, 3.05) is 0 Å². The molecular formula is C18H27N3. The zero-order chi connectivity index (χ0) is 15.6. The molecule has 0 fully saturated rings. The predicted octanol–water partition coefficient (Wildman–Crippen LogP) is 3.74. The van der Waals surface area contributed by atoms with Gasteiger partial charge in [0.2, 0.25) is 0 Å². The Morgan fingerprint density at radius 1 is 1.10 bits per heavy atom. The van der Waals surface area contributed by atoms with Gasteiger partial charge in [0, 0.05) is 23.8 Å². The topological polar surface area (TPSA) is 29.9 Å². The molecule has 0 aliphatic carbocycles. The zero-order valence-electron chi connectivity index (χ0n) is 14.1. The molecule has 0 aliphatic heterocycles. The molecule has 1 N–H and O–H groups in total. The molecule has 0 saturated carbocycles. The van der Waals surface area contributed by atoms with E-state index in [-0.39, 0.29) is 5.54 Å². The summed E-state index contributed by atoms with van der Waals surface area (Å²) in [7, 11) is 0. The van der Waals surface area contributed by atoms with E-state index in [1.54, 1.807) is 0 Å². The molecule has 3 heteroatoms. The van der Waals surface area contributed by atoms with Crippen LogP contribution < -0.4 is 5.32 Å². The van der Waals surface area contributed by atoms with Crippen molar-refractivity contribution in [3.8, 4) is 0 Å². The van der Waals surface area contributed by atoms with E-state index in [1.807, 2.05) is 10.9 Å². The number of hydrogen-bond donors (Lipinski definition) is 1. The number of nitrogens with zero attached hydrogens (tertiary/aromatic N) is 2. The van der Waals surface area contributed by atoms with Crippen LogP contribution in [0.15, 0.2) is 24.5 Å². The third-order valence-electron chi connectivity index (χ3n) is 3.67. The predicted molar refractivity (Wildman–Crippen MR) is 88.6 cm³/mol. The standard InChI is InChI=1S/C18H27N3/c1-13-7-14(2)17(15(3)8-13)12-21-11-16(10-20-21)9-19-18(4,5)6/h7-8,10-11,19H,9,12H2,1-6H3. The summed E-state index contributed by atoms with van der Waals surface area (Å²) in [5.41, 5.74) is 6.75. The van der Waals surface area contributed by atoms with E-state index < -0.39 is 0 Å². The number of hydrogen-bond acceptors (Lipinski definition) is 2. The summed E-state index contributed by atoms with van der Waals surface area (Å²) in [5.74, 6) is 0. The van der Waals surface area contributed by atoms with Crippen molar-refractivity contribution < 1.29 is 0 Å². The van der Waals surface area contributed by atoms with Gasteiger partial charge in [-0.15, -0.1) is 0 Å². The van der Waals surface area contributed by atoms with E-state index in [2.05, 4.69) is 70.3 Å². The molecule has 0 radical (unpaired) electrons. The monoisotopic (exact) mass is 285 g/mol. The highest BCUT2D eigenvalue weighted by Crippen LogP contribution is 2.17. The van der Waals surface area contributed by atoms with Crippen LogP contribution in [-0.4, -0.2) is 15.3 Å². The van der Waals surface area contributed by atoms with Gasteiger partial charge >= 0.3 is 0 Å². The highest BCUT2D eigenvalue weighted by Gasteiger charge is 2.10. The smallest absolute Gasteiger partial charge is 0.0664 e. The van der Waals surface area contributed by atoms with Crippen molar-refractivity contribution in [1.82, 2.24) is 15.1 Å². The summed E-state index contributed by atoms with van der Waals surface area (Å²) in [6.45, 7) is 14.7. The van der Waals surface area contributed by atoms with Crippen LogP contribution in [0.4, 0.5) is 0 Å². The second-order valence-electron chi connectivity index (χ2n) is 7.03. The Kier molecular flexibility index (Phi) is 4.52. The Balaban J connectivity index is 2.10. The van der Waals surface area contributed by atoms with Gasteiger partial charge in [0.15, 0.2) is 0 Å². The quantitative estimate of drug-likeness (QED) is 0.927. The number of nitrogens with one attached hydrogen (secondary N) is 1. The largest absolute Gasteiger partial charge is 0.308 e. The minimum absolute atomic E-state index is 0.131. The summed E-state index contributed by atoms with van der Waals surface area (Å²) in [4.78, 5) is 0. The Morgan fingerprint density at radius 3 is 2.29 bits per heavy atom. The molecule has 1 aromatic carbocycles. The van der Waals surface area contributed by atoms with Gasteiger partial charge in [-0.05, 0) is 58.2 Å². The van der Waals surface area contributed by atoms with Crippen LogP contribution in [0.5, 0.6) is 0 Å². The van der Waals surface area contributed by atoms with Gasteiger partial charge in [-0.2, -0.15) is 5.10 Å². The van der Waals surface area contributed by atoms with E-state index in [0.717, 1.165) is 13.1 Å². The number of benzene rings is 1. The van der Waals surface area contributed by atoms with Gasteiger partial charge < -0.3 is 5.32 Å². The van der Waals surface area contributed by atoms with Gasteiger partial charge in [0.1, 0.15) is 0 Å². The molecule has 1 heterocycles. The molecule has 0 amide bonds. The molecule has 0 saturated heterocycles. The normalized spacial score (nSPS) is 11.9. The van der Waals surface area contributed by atoms with Crippen molar-refractivity contribution in [3.63, 3.8) is 0 Å². The molecule has 2 aromatic rings. The Bertz CT molecular complexity index is 595. The Morgan fingerprint density at radius 2 is 1.71 bits per heavy atom. The van der Waals surface area contributed by atoms with E-state index in [0.29, 0.717) is 0 Å². The molecule has 114 valence electrons. The molecule has 21 heavy (non-hydrogen) atoms. The third kappa shape index (κ3) is 4.43. The molecule has 3 nitrogen and oxygen atoms in total. The first kappa shape index (κ1) is 15.8. The summed E-state index contributed by atoms with van der Waals surface area (Å²) < 4.78 is 2.03. The lowest BCUT2D eigenvalue weighted by atomic mass is 10.00. The molecular weight excluding hydrogens is 258 g/mol. The Hall–Kier alpha value is -1.61. The fourth-order valence-electron chi connectivity index (χ4n) is 2.57. The van der Waals surface area contributed by atoms with Crippen molar-refractivity contribution in [3.05, 3.63) is 52.3 Å². The molecule has 0 spiro atoms. The lowest BCUT2D eigenvalue weighted by molar-refractivity contribution is 0.424. The van der Waals surface area contributed by atoms with Crippen LogP contribution in [0.25, 0.3) is 0 Å². The Labute approximate surface area is 128 Å². The summed E-state index contributed by atoms with van der Waals surface area (Å²) in [6.07, 6.45) is 4.09. The second-order valence-corrected chi connectivity index (χ2v) is 7.03. The minimum Gasteiger partial charge on any atom is -0.308 e. The maximum absolute atomic E-state index is 4.49. The van der Waals surface area contributed by atoms with Crippen LogP contribution in [0.2, 0.25) is 0 Å². The molecule has 0 unspecified atom stereocenters. The van der Waals surface area contributed by atoms with Crippen molar-refractivity contribution >= 4 is 0 Å². The van der Waals surface area contributed by atoms with Gasteiger partial charge in [0.25, 0.3) is 0 Å². The van der Waals surface area contributed by atoms with Crippen LogP contribution in [0.3, 0.4) is 0 Å². The molecule has 2 rings (SSSR count). The van der Waals surface area contributed by atoms with Gasteiger partial charge in [-0.25, -0.2) is 0 Å². The summed E-state index contributed by atoms with van der Waals surface area (Å²) >= 11 is 0. The van der Waals surface area contributed by atoms with Crippen molar-refractivity contribution in [2.45, 2.75) is 60.2 Å². The molecule has 1 aromatic heterocycles. The summed E-state index contributed by atoms with van der Waals surface area (Å²) in [6, 6.07) is 4.49. The van der Waals surface area contributed by atoms with Crippen LogP contribution in [-0.2, 0) is 13.1 Å². The highest BCUT2D eigenvalue weighted by molar-refractivity contribution is 5.37. The SMILES string of the molecule is Cc1cc(C)c(Cn2cc(CNC(C)(C)C)cn2)c(C)c1. The van der Waals surface area contributed by atoms with E-state index in [4.69, 9.17) is 0 Å². The van der Waals surface area contributed by atoms with Crippen LogP contribution in [0.1, 0.15) is 48.6 Å². The average molecular weight is 285 g/mol. The third-order valence-corrected chi connectivity index (χ3v) is 3.67.